The summed E-state index contributed by atoms with van der Waals surface area (Å²) >= 11 is 9.31. The molecular weight excluding hydrogens is 348 g/mol. The molecule has 1 unspecified atom stereocenters. The van der Waals surface area contributed by atoms with Crippen molar-refractivity contribution in [2.75, 3.05) is 18.4 Å². The second-order valence-corrected chi connectivity index (χ2v) is 6.41. The summed E-state index contributed by atoms with van der Waals surface area (Å²) in [5.41, 5.74) is -0.381. The van der Waals surface area contributed by atoms with Crippen molar-refractivity contribution in [2.24, 2.45) is 5.41 Å². The van der Waals surface area contributed by atoms with Crippen LogP contribution in [0.4, 0.5) is 10.5 Å². The molecule has 5 nitrogen and oxygen atoms in total. The van der Waals surface area contributed by atoms with Gasteiger partial charge in [0.1, 0.15) is 0 Å². The minimum Gasteiger partial charge on any atom is -0.481 e. The van der Waals surface area contributed by atoms with E-state index in [0.29, 0.717) is 23.7 Å². The third kappa shape index (κ3) is 3.07. The lowest BCUT2D eigenvalue weighted by molar-refractivity contribution is -0.146. The molecule has 0 aliphatic carbocycles. The van der Waals surface area contributed by atoms with Crippen LogP contribution in [0.5, 0.6) is 0 Å². The fourth-order valence-electron chi connectivity index (χ4n) is 2.10. The average molecular weight is 362 g/mol. The molecule has 1 aromatic carbocycles. The molecule has 0 saturated carbocycles. The van der Waals surface area contributed by atoms with Crippen molar-refractivity contribution < 1.29 is 14.7 Å². The van der Waals surface area contributed by atoms with Crippen molar-refractivity contribution in [3.8, 4) is 0 Å². The normalized spacial score (nSPS) is 21.9. The summed E-state index contributed by atoms with van der Waals surface area (Å²) in [5, 5.41) is 12.3. The first-order valence-corrected chi connectivity index (χ1v) is 7.23. The highest BCUT2D eigenvalue weighted by Gasteiger charge is 2.42. The minimum atomic E-state index is -0.881. The molecule has 2 amide bonds. The first kappa shape index (κ1) is 15.1. The Morgan fingerprint density at radius 3 is 2.80 bits per heavy atom. The van der Waals surface area contributed by atoms with E-state index in [0.717, 1.165) is 4.47 Å². The molecule has 0 radical (unpaired) electrons. The quantitative estimate of drug-likeness (QED) is 0.848. The van der Waals surface area contributed by atoms with Crippen LogP contribution in [0.2, 0.25) is 5.02 Å². The minimum absolute atomic E-state index is 0.194. The maximum atomic E-state index is 12.1. The summed E-state index contributed by atoms with van der Waals surface area (Å²) in [6, 6.07) is 4.81. The lowest BCUT2D eigenvalue weighted by Crippen LogP contribution is -2.37. The number of likely N-dealkylation sites (tertiary alicyclic amines) is 1. The van der Waals surface area contributed by atoms with Crippen molar-refractivity contribution in [1.82, 2.24) is 4.90 Å². The molecule has 1 aliphatic heterocycles. The average Bonchev–Trinajstić information content (AvgIpc) is 2.78. The van der Waals surface area contributed by atoms with E-state index in [1.54, 1.807) is 25.1 Å². The maximum Gasteiger partial charge on any atom is 0.321 e. The van der Waals surface area contributed by atoms with E-state index in [2.05, 4.69) is 21.2 Å². The number of carbonyl (C=O) groups is 2. The number of anilines is 1. The number of rotatable bonds is 2. The smallest absolute Gasteiger partial charge is 0.321 e. The predicted octanol–water partition coefficient (Wildman–Crippen LogP) is 3.43. The fourth-order valence-corrected chi connectivity index (χ4v) is 2.62. The van der Waals surface area contributed by atoms with Crippen molar-refractivity contribution in [2.45, 2.75) is 13.3 Å². The van der Waals surface area contributed by atoms with Crippen molar-refractivity contribution in [3.05, 3.63) is 27.7 Å². The van der Waals surface area contributed by atoms with E-state index < -0.39 is 11.4 Å². The molecule has 2 rings (SSSR count). The monoisotopic (exact) mass is 360 g/mol. The van der Waals surface area contributed by atoms with Gasteiger partial charge in [-0.2, -0.15) is 0 Å². The van der Waals surface area contributed by atoms with Crippen LogP contribution >= 0.6 is 27.5 Å². The summed E-state index contributed by atoms with van der Waals surface area (Å²) in [6.07, 6.45) is 0.446. The van der Waals surface area contributed by atoms with Gasteiger partial charge in [0.15, 0.2) is 0 Å². The first-order chi connectivity index (χ1) is 9.32. The highest BCUT2D eigenvalue weighted by atomic mass is 79.9. The molecule has 1 aromatic rings. The number of nitrogens with one attached hydrogen (secondary N) is 1. The lowest BCUT2D eigenvalue weighted by Gasteiger charge is -2.20. The van der Waals surface area contributed by atoms with Crippen LogP contribution in [-0.2, 0) is 4.79 Å². The van der Waals surface area contributed by atoms with E-state index in [9.17, 15) is 9.59 Å². The fraction of sp³-hybridized carbons (Fsp3) is 0.385. The van der Waals surface area contributed by atoms with Crippen molar-refractivity contribution in [3.63, 3.8) is 0 Å². The van der Waals surface area contributed by atoms with Crippen molar-refractivity contribution >= 4 is 45.2 Å². The number of aliphatic carboxylic acids is 1. The third-order valence-corrected chi connectivity index (χ3v) is 4.27. The molecule has 20 heavy (non-hydrogen) atoms. The zero-order valence-electron chi connectivity index (χ0n) is 10.8. The van der Waals surface area contributed by atoms with Crippen LogP contribution in [0.1, 0.15) is 13.3 Å². The third-order valence-electron chi connectivity index (χ3n) is 3.45. The first-order valence-electron chi connectivity index (χ1n) is 6.06. The van der Waals surface area contributed by atoms with E-state index in [1.807, 2.05) is 0 Å². The zero-order valence-corrected chi connectivity index (χ0v) is 13.2. The Bertz CT molecular complexity index is 567. The molecule has 1 atom stereocenters. The molecule has 0 bridgehead atoms. The second kappa shape index (κ2) is 5.61. The number of carboxylic acid groups (broad SMARTS) is 1. The molecule has 1 fully saturated rings. The molecule has 1 heterocycles. The lowest BCUT2D eigenvalue weighted by atomic mass is 9.90. The molecular formula is C13H14BrClN2O3. The summed E-state index contributed by atoms with van der Waals surface area (Å²) in [4.78, 5) is 24.8. The van der Waals surface area contributed by atoms with Crippen LogP contribution in [0, 0.1) is 5.41 Å². The van der Waals surface area contributed by atoms with Gasteiger partial charge >= 0.3 is 12.0 Å². The number of hydrogen-bond donors (Lipinski definition) is 2. The van der Waals surface area contributed by atoms with Crippen LogP contribution in [0.3, 0.4) is 0 Å². The van der Waals surface area contributed by atoms with Gasteiger partial charge in [0.25, 0.3) is 0 Å². The van der Waals surface area contributed by atoms with Crippen LogP contribution in [0.15, 0.2) is 22.7 Å². The van der Waals surface area contributed by atoms with Gasteiger partial charge in [-0.15, -0.1) is 0 Å². The SMILES string of the molecule is CC1(C(=O)O)CCN(C(=O)Nc2cc(Br)ccc2Cl)C1. The van der Waals surface area contributed by atoms with Gasteiger partial charge in [-0.05, 0) is 31.5 Å². The Kier molecular flexibility index (Phi) is 4.25. The molecule has 2 N–H and O–H groups in total. The number of amides is 2. The predicted molar refractivity (Wildman–Crippen MR) is 80.1 cm³/mol. The largest absolute Gasteiger partial charge is 0.481 e. The zero-order chi connectivity index (χ0) is 14.9. The molecule has 108 valence electrons. The van der Waals surface area contributed by atoms with Crippen LogP contribution in [0.25, 0.3) is 0 Å². The number of benzene rings is 1. The van der Waals surface area contributed by atoms with Gasteiger partial charge in [0.05, 0.1) is 16.1 Å². The van der Waals surface area contributed by atoms with E-state index in [-0.39, 0.29) is 12.6 Å². The second-order valence-electron chi connectivity index (χ2n) is 5.09. The van der Waals surface area contributed by atoms with Gasteiger partial charge < -0.3 is 15.3 Å². The Hall–Kier alpha value is -1.27. The number of nitrogens with zero attached hydrogens (tertiary/aromatic N) is 1. The highest BCUT2D eigenvalue weighted by Crippen LogP contribution is 2.31. The molecule has 0 spiro atoms. The number of hydrogen-bond acceptors (Lipinski definition) is 2. The standard InChI is InChI=1S/C13H14BrClN2O3/c1-13(11(18)19)4-5-17(7-13)12(20)16-10-6-8(14)2-3-9(10)15/h2-3,6H,4-5,7H2,1H3,(H,16,20)(H,18,19). The molecule has 1 saturated heterocycles. The van der Waals surface area contributed by atoms with Gasteiger partial charge in [-0.3, -0.25) is 4.79 Å². The van der Waals surface area contributed by atoms with Gasteiger partial charge in [-0.1, -0.05) is 27.5 Å². The van der Waals surface area contributed by atoms with Gasteiger partial charge in [0.2, 0.25) is 0 Å². The van der Waals surface area contributed by atoms with E-state index in [1.165, 1.54) is 4.90 Å². The van der Waals surface area contributed by atoms with Crippen LogP contribution in [-0.4, -0.2) is 35.1 Å². The van der Waals surface area contributed by atoms with Crippen LogP contribution < -0.4 is 5.32 Å². The Morgan fingerprint density at radius 1 is 1.50 bits per heavy atom. The Labute approximate surface area is 130 Å². The summed E-state index contributed by atoms with van der Waals surface area (Å²) in [6.45, 7) is 2.26. The number of carboxylic acids is 1. The van der Waals surface area contributed by atoms with E-state index >= 15 is 0 Å². The number of halogens is 2. The van der Waals surface area contributed by atoms with Gasteiger partial charge in [0, 0.05) is 17.6 Å². The highest BCUT2D eigenvalue weighted by molar-refractivity contribution is 9.10. The summed E-state index contributed by atoms with van der Waals surface area (Å²) in [5.74, 6) is -0.881. The Morgan fingerprint density at radius 2 is 2.20 bits per heavy atom. The number of urea groups is 1. The Balaban J connectivity index is 2.07. The molecule has 0 aromatic heterocycles. The maximum absolute atomic E-state index is 12.1. The van der Waals surface area contributed by atoms with Crippen molar-refractivity contribution in [1.29, 1.82) is 0 Å². The molecule has 1 aliphatic rings. The summed E-state index contributed by atoms with van der Waals surface area (Å²) in [7, 11) is 0. The van der Waals surface area contributed by atoms with E-state index in [4.69, 9.17) is 16.7 Å². The topological polar surface area (TPSA) is 69.6 Å². The van der Waals surface area contributed by atoms with Gasteiger partial charge in [-0.25, -0.2) is 4.79 Å². The summed E-state index contributed by atoms with van der Waals surface area (Å²) < 4.78 is 0.800. The molecule has 7 heteroatoms. The number of carbonyl (C=O) groups excluding carboxylic acids is 1.